The number of carbonyl (C=O) groups is 1. The van der Waals surface area contributed by atoms with Gasteiger partial charge in [-0.15, -0.1) is 0 Å². The number of hydrogen-bond acceptors (Lipinski definition) is 1. The Labute approximate surface area is 136 Å². The van der Waals surface area contributed by atoms with Crippen LogP contribution in [0.5, 0.6) is 0 Å². The molecule has 0 saturated carbocycles. The van der Waals surface area contributed by atoms with E-state index in [0.29, 0.717) is 6.42 Å². The van der Waals surface area contributed by atoms with Crippen LogP contribution in [0.2, 0.25) is 0 Å². The third kappa shape index (κ3) is 16.8. The molecule has 0 aliphatic heterocycles. The third-order valence-corrected chi connectivity index (χ3v) is 3.76. The first-order valence-corrected chi connectivity index (χ1v) is 9.05. The average molecular weight is 314 g/mol. The number of rotatable bonds is 15. The fraction of sp³-hybridized carbons (Fsp3) is 0.882. The van der Waals surface area contributed by atoms with Crippen molar-refractivity contribution in [3.63, 3.8) is 0 Å². The number of unbranched alkanes of at least 4 members (excludes halogenated alkanes) is 9. The number of hydrogen-bond donors (Lipinski definition) is 4. The first-order chi connectivity index (χ1) is 10.7. The van der Waals surface area contributed by atoms with E-state index in [1.54, 1.807) is 0 Å². The van der Waals surface area contributed by atoms with E-state index >= 15 is 0 Å². The van der Waals surface area contributed by atoms with Gasteiger partial charge in [-0.3, -0.25) is 21.3 Å². The molecule has 5 nitrogen and oxygen atoms in total. The van der Waals surface area contributed by atoms with Gasteiger partial charge in [-0.05, 0) is 19.3 Å². The Morgan fingerprint density at radius 1 is 0.864 bits per heavy atom. The molecule has 0 rings (SSSR count). The van der Waals surface area contributed by atoms with Crippen molar-refractivity contribution in [1.82, 2.24) is 5.32 Å². The minimum Gasteiger partial charge on any atom is -0.356 e. The summed E-state index contributed by atoms with van der Waals surface area (Å²) in [7, 11) is 0. The lowest BCUT2D eigenvalue weighted by Gasteiger charge is -2.05. The van der Waals surface area contributed by atoms with E-state index in [1.165, 1.54) is 51.4 Å². The van der Waals surface area contributed by atoms with Crippen LogP contribution in [0.25, 0.3) is 0 Å². The van der Waals surface area contributed by atoms with Gasteiger partial charge >= 0.3 is 5.96 Å². The van der Waals surface area contributed by atoms with Gasteiger partial charge in [0.25, 0.3) is 0 Å². The topological polar surface area (TPSA) is 95.1 Å². The largest absolute Gasteiger partial charge is 0.356 e. The monoisotopic (exact) mass is 313 g/mol. The summed E-state index contributed by atoms with van der Waals surface area (Å²) in [4.78, 5) is 14.5. The number of amides is 1. The summed E-state index contributed by atoms with van der Waals surface area (Å²) in [5, 5.41) is 2.96. The molecule has 0 heterocycles. The minimum atomic E-state index is 0.181. The Balaban J connectivity index is 3.21. The van der Waals surface area contributed by atoms with Crippen LogP contribution < -0.4 is 21.8 Å². The molecule has 130 valence electrons. The second-order valence-corrected chi connectivity index (χ2v) is 6.02. The minimum absolute atomic E-state index is 0.181. The van der Waals surface area contributed by atoms with Crippen LogP contribution in [-0.4, -0.2) is 25.0 Å². The summed E-state index contributed by atoms with van der Waals surface area (Å²) in [6, 6.07) is 0. The van der Waals surface area contributed by atoms with E-state index in [-0.39, 0.29) is 11.9 Å². The van der Waals surface area contributed by atoms with Crippen molar-refractivity contribution in [3.05, 3.63) is 0 Å². The number of carbonyl (C=O) groups excluding carboxylic acids is 1. The summed E-state index contributed by atoms with van der Waals surface area (Å²) in [6.45, 7) is 3.75. The molecule has 0 bridgehead atoms. The van der Waals surface area contributed by atoms with Gasteiger partial charge in [0.05, 0.1) is 6.54 Å². The van der Waals surface area contributed by atoms with E-state index in [4.69, 9.17) is 11.5 Å². The highest BCUT2D eigenvalue weighted by molar-refractivity contribution is 5.75. The van der Waals surface area contributed by atoms with Crippen molar-refractivity contribution >= 4 is 11.9 Å². The Kier molecular flexibility index (Phi) is 15.2. The molecule has 22 heavy (non-hydrogen) atoms. The molecule has 0 saturated heterocycles. The lowest BCUT2D eigenvalue weighted by Crippen LogP contribution is -2.78. The highest BCUT2D eigenvalue weighted by Crippen LogP contribution is 2.10. The predicted octanol–water partition coefficient (Wildman–Crippen LogP) is 1.16. The van der Waals surface area contributed by atoms with Crippen LogP contribution in [0.3, 0.4) is 0 Å². The lowest BCUT2D eigenvalue weighted by atomic mass is 10.1. The molecule has 0 atom stereocenters. The Bertz CT molecular complexity index is 288. The Morgan fingerprint density at radius 3 is 2.05 bits per heavy atom. The molecule has 6 N–H and O–H groups in total. The molecular weight excluding hydrogens is 276 g/mol. The molecule has 0 radical (unpaired) electrons. The summed E-state index contributed by atoms with van der Waals surface area (Å²) in [5.41, 5.74) is 10.6. The number of nitrogens with two attached hydrogens (primary N) is 2. The molecule has 0 aromatic rings. The van der Waals surface area contributed by atoms with Crippen LogP contribution in [0, 0.1) is 0 Å². The maximum absolute atomic E-state index is 11.6. The molecule has 1 amide bonds. The molecule has 0 spiro atoms. The average Bonchev–Trinajstić information content (AvgIpc) is 2.48. The van der Waals surface area contributed by atoms with Gasteiger partial charge in [0.1, 0.15) is 0 Å². The Morgan fingerprint density at radius 2 is 1.45 bits per heavy atom. The second kappa shape index (κ2) is 16.1. The highest BCUT2D eigenvalue weighted by Gasteiger charge is 2.00. The van der Waals surface area contributed by atoms with Gasteiger partial charge in [0.2, 0.25) is 5.91 Å². The first-order valence-electron chi connectivity index (χ1n) is 9.05. The Hall–Kier alpha value is -1.26. The van der Waals surface area contributed by atoms with Gasteiger partial charge in [-0.25, -0.2) is 0 Å². The van der Waals surface area contributed by atoms with Crippen LogP contribution in [0.15, 0.2) is 0 Å². The van der Waals surface area contributed by atoms with Gasteiger partial charge in [-0.2, -0.15) is 0 Å². The fourth-order valence-corrected chi connectivity index (χ4v) is 2.40. The highest BCUT2D eigenvalue weighted by atomic mass is 16.1. The lowest BCUT2D eigenvalue weighted by molar-refractivity contribution is -0.459. The molecular formula is C17H37N4O+. The summed E-state index contributed by atoms with van der Waals surface area (Å²) >= 11 is 0. The molecule has 5 heteroatoms. The van der Waals surface area contributed by atoms with Gasteiger partial charge < -0.3 is 5.32 Å². The van der Waals surface area contributed by atoms with E-state index in [2.05, 4.69) is 17.2 Å². The maximum Gasteiger partial charge on any atom is 0.338 e. The van der Waals surface area contributed by atoms with E-state index in [1.807, 2.05) is 0 Å². The van der Waals surface area contributed by atoms with Gasteiger partial charge in [0, 0.05) is 13.0 Å². The molecule has 0 aliphatic carbocycles. The van der Waals surface area contributed by atoms with Crippen molar-refractivity contribution in [1.29, 1.82) is 0 Å². The predicted molar refractivity (Wildman–Crippen MR) is 93.3 cm³/mol. The summed E-state index contributed by atoms with van der Waals surface area (Å²) < 4.78 is 0. The van der Waals surface area contributed by atoms with Crippen LogP contribution in [0.1, 0.15) is 84.0 Å². The number of nitrogens with one attached hydrogen (secondary N) is 2. The van der Waals surface area contributed by atoms with Crippen LogP contribution in [0.4, 0.5) is 0 Å². The zero-order chi connectivity index (χ0) is 16.5. The maximum atomic E-state index is 11.6. The van der Waals surface area contributed by atoms with E-state index in [9.17, 15) is 4.79 Å². The SMILES string of the molecule is CCCCCCCCCCCC(=O)NCCCC[NH+]=C(N)N. The second-order valence-electron chi connectivity index (χ2n) is 6.02. The molecule has 0 aromatic heterocycles. The summed E-state index contributed by atoms with van der Waals surface area (Å²) in [5.74, 6) is 0.440. The van der Waals surface area contributed by atoms with E-state index < -0.39 is 0 Å². The first kappa shape index (κ1) is 20.7. The fourth-order valence-electron chi connectivity index (χ4n) is 2.40. The van der Waals surface area contributed by atoms with Crippen molar-refractivity contribution in [2.45, 2.75) is 84.0 Å². The standard InChI is InChI=1S/C17H36N4O/c1-2-3-4-5-6-7-8-9-10-13-16(22)20-14-11-12-15-21-17(18)19/h2-15H2,1H3,(H,20,22)(H4,18,19,21)/p+1. The van der Waals surface area contributed by atoms with Crippen molar-refractivity contribution in [2.24, 2.45) is 11.5 Å². The van der Waals surface area contributed by atoms with Crippen molar-refractivity contribution < 1.29 is 9.79 Å². The van der Waals surface area contributed by atoms with Crippen molar-refractivity contribution in [2.75, 3.05) is 13.1 Å². The van der Waals surface area contributed by atoms with Gasteiger partial charge in [0.15, 0.2) is 0 Å². The summed E-state index contributed by atoms with van der Waals surface area (Å²) in [6.07, 6.45) is 14.1. The van der Waals surface area contributed by atoms with Crippen molar-refractivity contribution in [3.8, 4) is 0 Å². The number of guanidine groups is 1. The third-order valence-electron chi connectivity index (χ3n) is 3.76. The molecule has 0 aliphatic rings. The van der Waals surface area contributed by atoms with Gasteiger partial charge in [-0.1, -0.05) is 58.3 Å². The zero-order valence-corrected chi connectivity index (χ0v) is 14.5. The van der Waals surface area contributed by atoms with Crippen LogP contribution in [-0.2, 0) is 4.79 Å². The van der Waals surface area contributed by atoms with Crippen LogP contribution >= 0.6 is 0 Å². The quantitative estimate of drug-likeness (QED) is 0.207. The molecule has 0 unspecified atom stereocenters. The smallest absolute Gasteiger partial charge is 0.338 e. The molecule has 0 aromatic carbocycles. The normalized spacial score (nSPS) is 10.4. The molecule has 0 fully saturated rings. The van der Waals surface area contributed by atoms with E-state index in [0.717, 1.165) is 32.4 Å². The zero-order valence-electron chi connectivity index (χ0n) is 14.5.